The van der Waals surface area contributed by atoms with Crippen molar-refractivity contribution in [2.45, 2.75) is 38.8 Å². The van der Waals surface area contributed by atoms with Crippen LogP contribution in [-0.2, 0) is 9.53 Å². The molecular weight excluding hydrogens is 182 g/mol. The van der Waals surface area contributed by atoms with Crippen LogP contribution in [0, 0.1) is 0 Å². The number of rotatable bonds is 5. The van der Waals surface area contributed by atoms with E-state index in [1.54, 1.807) is 0 Å². The smallest absolute Gasteiger partial charge is 0.323 e. The third-order valence-electron chi connectivity index (χ3n) is 2.78. The van der Waals surface area contributed by atoms with E-state index in [-0.39, 0.29) is 6.10 Å². The fourth-order valence-corrected chi connectivity index (χ4v) is 2.02. The lowest BCUT2D eigenvalue weighted by atomic mass is 10.1. The maximum Gasteiger partial charge on any atom is 0.323 e. The van der Waals surface area contributed by atoms with E-state index < -0.39 is 12.0 Å². The van der Waals surface area contributed by atoms with Gasteiger partial charge in [-0.05, 0) is 25.9 Å². The summed E-state index contributed by atoms with van der Waals surface area (Å²) in [6.45, 7) is 6.18. The molecule has 0 aromatic heterocycles. The summed E-state index contributed by atoms with van der Waals surface area (Å²) in [4.78, 5) is 13.1. The second kappa shape index (κ2) is 5.32. The predicted molar refractivity (Wildman–Crippen MR) is 53.3 cm³/mol. The Morgan fingerprint density at radius 1 is 1.57 bits per heavy atom. The number of aliphatic carboxylic acids is 1. The highest BCUT2D eigenvalue weighted by molar-refractivity contribution is 5.74. The number of hydrogen-bond acceptors (Lipinski definition) is 3. The second-order valence-corrected chi connectivity index (χ2v) is 3.56. The first-order valence-electron chi connectivity index (χ1n) is 5.29. The summed E-state index contributed by atoms with van der Waals surface area (Å²) < 4.78 is 5.44. The number of carboxylic acid groups (broad SMARTS) is 1. The molecule has 1 aliphatic heterocycles. The summed E-state index contributed by atoms with van der Waals surface area (Å²) in [5.74, 6) is -0.763. The van der Waals surface area contributed by atoms with E-state index >= 15 is 0 Å². The van der Waals surface area contributed by atoms with E-state index in [1.807, 2.05) is 18.7 Å². The summed E-state index contributed by atoms with van der Waals surface area (Å²) in [7, 11) is 0. The third-order valence-corrected chi connectivity index (χ3v) is 2.78. The van der Waals surface area contributed by atoms with E-state index in [4.69, 9.17) is 9.84 Å². The normalized spacial score (nSPS) is 24.1. The minimum absolute atomic E-state index is 0.118. The van der Waals surface area contributed by atoms with Crippen LogP contribution in [0.2, 0.25) is 0 Å². The van der Waals surface area contributed by atoms with Gasteiger partial charge in [0, 0.05) is 6.61 Å². The Balaban J connectivity index is 2.66. The van der Waals surface area contributed by atoms with Gasteiger partial charge in [-0.15, -0.1) is 0 Å². The molecule has 1 heterocycles. The molecule has 0 aliphatic carbocycles. The van der Waals surface area contributed by atoms with Gasteiger partial charge in [0.2, 0.25) is 0 Å². The zero-order chi connectivity index (χ0) is 10.6. The average Bonchev–Trinajstić information content (AvgIpc) is 2.65. The minimum atomic E-state index is -0.763. The van der Waals surface area contributed by atoms with E-state index in [0.717, 1.165) is 25.9 Å². The van der Waals surface area contributed by atoms with Gasteiger partial charge in [0.15, 0.2) is 0 Å². The van der Waals surface area contributed by atoms with E-state index in [9.17, 15) is 4.79 Å². The van der Waals surface area contributed by atoms with Gasteiger partial charge < -0.3 is 9.84 Å². The maximum absolute atomic E-state index is 11.1. The number of ether oxygens (including phenoxy) is 1. The molecule has 1 aliphatic rings. The molecule has 82 valence electrons. The Morgan fingerprint density at radius 2 is 2.21 bits per heavy atom. The fourth-order valence-electron chi connectivity index (χ4n) is 2.02. The summed E-state index contributed by atoms with van der Waals surface area (Å²) in [6, 6.07) is -0.465. The first-order chi connectivity index (χ1) is 6.70. The molecule has 0 radical (unpaired) electrons. The molecular formula is C10H19NO3. The monoisotopic (exact) mass is 201 g/mol. The van der Waals surface area contributed by atoms with E-state index in [1.165, 1.54) is 0 Å². The molecule has 0 amide bonds. The van der Waals surface area contributed by atoms with Gasteiger partial charge in [0.05, 0.1) is 6.10 Å². The fraction of sp³-hybridized carbons (Fsp3) is 0.900. The lowest BCUT2D eigenvalue weighted by molar-refractivity contribution is -0.148. The quantitative estimate of drug-likeness (QED) is 0.719. The predicted octanol–water partition coefficient (Wildman–Crippen LogP) is 0.960. The Labute approximate surface area is 84.8 Å². The molecule has 1 fully saturated rings. The molecule has 1 rings (SSSR count). The topological polar surface area (TPSA) is 49.8 Å². The molecule has 0 bridgehead atoms. The van der Waals surface area contributed by atoms with Crippen LogP contribution in [0.5, 0.6) is 0 Å². The van der Waals surface area contributed by atoms with Crippen molar-refractivity contribution in [1.82, 2.24) is 4.90 Å². The van der Waals surface area contributed by atoms with Crippen LogP contribution in [0.25, 0.3) is 0 Å². The molecule has 0 aromatic rings. The van der Waals surface area contributed by atoms with Crippen molar-refractivity contribution in [2.75, 3.05) is 19.7 Å². The van der Waals surface area contributed by atoms with Crippen molar-refractivity contribution in [1.29, 1.82) is 0 Å². The summed E-state index contributed by atoms with van der Waals surface area (Å²) >= 11 is 0. The van der Waals surface area contributed by atoms with Crippen LogP contribution in [0.4, 0.5) is 0 Å². The van der Waals surface area contributed by atoms with Gasteiger partial charge in [-0.1, -0.05) is 13.8 Å². The molecule has 1 N–H and O–H groups in total. The Morgan fingerprint density at radius 3 is 2.57 bits per heavy atom. The second-order valence-electron chi connectivity index (χ2n) is 3.56. The highest BCUT2D eigenvalue weighted by atomic mass is 16.5. The summed E-state index contributed by atoms with van der Waals surface area (Å²) in [5.41, 5.74) is 0. The molecule has 0 saturated carbocycles. The first kappa shape index (κ1) is 11.5. The number of hydrogen-bond donors (Lipinski definition) is 1. The van der Waals surface area contributed by atoms with Gasteiger partial charge in [-0.2, -0.15) is 0 Å². The molecule has 0 aromatic carbocycles. The molecule has 2 atom stereocenters. The highest BCUT2D eigenvalue weighted by Gasteiger charge is 2.34. The lowest BCUT2D eigenvalue weighted by Gasteiger charge is -2.29. The number of carbonyl (C=O) groups is 1. The Bertz CT molecular complexity index is 184. The zero-order valence-electron chi connectivity index (χ0n) is 8.90. The molecule has 2 unspecified atom stereocenters. The maximum atomic E-state index is 11.1. The zero-order valence-corrected chi connectivity index (χ0v) is 8.90. The van der Waals surface area contributed by atoms with Gasteiger partial charge in [-0.3, -0.25) is 9.69 Å². The van der Waals surface area contributed by atoms with Crippen molar-refractivity contribution < 1.29 is 14.6 Å². The highest BCUT2D eigenvalue weighted by Crippen LogP contribution is 2.19. The number of likely N-dealkylation sites (N-methyl/N-ethyl adjacent to an activating group) is 1. The number of carboxylic acids is 1. The van der Waals surface area contributed by atoms with Crippen LogP contribution in [0.15, 0.2) is 0 Å². The van der Waals surface area contributed by atoms with Crippen molar-refractivity contribution >= 4 is 5.97 Å². The number of nitrogens with zero attached hydrogens (tertiary/aromatic N) is 1. The Kier molecular flexibility index (Phi) is 4.35. The van der Waals surface area contributed by atoms with Gasteiger partial charge in [-0.25, -0.2) is 0 Å². The van der Waals surface area contributed by atoms with Crippen molar-refractivity contribution in [3.8, 4) is 0 Å². The van der Waals surface area contributed by atoms with Gasteiger partial charge in [0.25, 0.3) is 0 Å². The molecule has 4 heteroatoms. The van der Waals surface area contributed by atoms with Crippen LogP contribution >= 0.6 is 0 Å². The van der Waals surface area contributed by atoms with Crippen LogP contribution < -0.4 is 0 Å². The molecule has 4 nitrogen and oxygen atoms in total. The first-order valence-corrected chi connectivity index (χ1v) is 5.29. The lowest BCUT2D eigenvalue weighted by Crippen LogP contribution is -2.48. The SMILES string of the molecule is CCN(CC)C(C(=O)O)C1CCCO1. The van der Waals surface area contributed by atoms with Crippen molar-refractivity contribution in [3.63, 3.8) is 0 Å². The average molecular weight is 201 g/mol. The largest absolute Gasteiger partial charge is 0.480 e. The molecule has 14 heavy (non-hydrogen) atoms. The summed E-state index contributed by atoms with van der Waals surface area (Å²) in [5, 5.41) is 9.14. The molecule has 0 spiro atoms. The van der Waals surface area contributed by atoms with E-state index in [2.05, 4.69) is 0 Å². The van der Waals surface area contributed by atoms with Crippen molar-refractivity contribution in [3.05, 3.63) is 0 Å². The van der Waals surface area contributed by atoms with Crippen LogP contribution in [-0.4, -0.2) is 47.8 Å². The van der Waals surface area contributed by atoms with Crippen molar-refractivity contribution in [2.24, 2.45) is 0 Å². The van der Waals surface area contributed by atoms with Gasteiger partial charge in [0.1, 0.15) is 6.04 Å². The minimum Gasteiger partial charge on any atom is -0.480 e. The van der Waals surface area contributed by atoms with Gasteiger partial charge >= 0.3 is 5.97 Å². The Hall–Kier alpha value is -0.610. The summed E-state index contributed by atoms with van der Waals surface area (Å²) in [6.07, 6.45) is 1.73. The van der Waals surface area contributed by atoms with E-state index in [0.29, 0.717) is 6.61 Å². The van der Waals surface area contributed by atoms with Crippen LogP contribution in [0.1, 0.15) is 26.7 Å². The molecule has 1 saturated heterocycles. The van der Waals surface area contributed by atoms with Crippen LogP contribution in [0.3, 0.4) is 0 Å². The standard InChI is InChI=1S/C10H19NO3/c1-3-11(4-2)9(10(12)13)8-6-5-7-14-8/h8-9H,3-7H2,1-2H3,(H,12,13). The third kappa shape index (κ3) is 2.45.